The Labute approximate surface area is 132 Å². The molecule has 0 aromatic carbocycles. The molecule has 1 amide bonds. The van der Waals surface area contributed by atoms with Crippen molar-refractivity contribution in [1.29, 1.82) is 0 Å². The fourth-order valence-electron chi connectivity index (χ4n) is 3.39. The van der Waals surface area contributed by atoms with Crippen molar-refractivity contribution in [3.05, 3.63) is 12.5 Å². The molecule has 0 saturated carbocycles. The zero-order valence-corrected chi connectivity index (χ0v) is 13.7. The van der Waals surface area contributed by atoms with Crippen LogP contribution in [0.25, 0.3) is 0 Å². The average Bonchev–Trinajstić information content (AvgIpc) is 2.98. The number of hydrogen-bond donors (Lipinski definition) is 0. The highest BCUT2D eigenvalue weighted by atomic mass is 32.2. The third kappa shape index (κ3) is 2.63. The quantitative estimate of drug-likeness (QED) is 0.770. The molecule has 0 N–H and O–H groups in total. The third-order valence-corrected chi connectivity index (χ3v) is 6.17. The molecule has 1 aromatic rings. The van der Waals surface area contributed by atoms with Gasteiger partial charge in [-0.25, -0.2) is 22.2 Å². The summed E-state index contributed by atoms with van der Waals surface area (Å²) in [6, 6.07) is 0. The second-order valence-electron chi connectivity index (χ2n) is 6.44. The van der Waals surface area contributed by atoms with Gasteiger partial charge in [-0.15, -0.1) is 0 Å². The molecule has 2 aliphatic heterocycles. The van der Waals surface area contributed by atoms with Crippen molar-refractivity contribution in [2.75, 3.05) is 26.7 Å². The minimum absolute atomic E-state index is 0.228. The second kappa shape index (κ2) is 4.97. The van der Waals surface area contributed by atoms with Crippen LogP contribution >= 0.6 is 0 Å². The maximum Gasteiger partial charge on any atom is 0.262 e. The van der Waals surface area contributed by atoms with Gasteiger partial charge in [-0.05, 0) is 6.42 Å². The normalized spacial score (nSPS) is 28.7. The van der Waals surface area contributed by atoms with Crippen molar-refractivity contribution in [2.45, 2.75) is 23.8 Å². The van der Waals surface area contributed by atoms with Gasteiger partial charge in [-0.1, -0.05) is 0 Å². The molecule has 1 spiro atoms. The molecule has 0 aliphatic carbocycles. The first-order valence-corrected chi connectivity index (χ1v) is 8.61. The van der Waals surface area contributed by atoms with Gasteiger partial charge in [-0.3, -0.25) is 4.79 Å². The number of nitrogens with zero attached hydrogens (tertiary/aromatic N) is 4. The molecule has 0 bridgehead atoms. The fourth-order valence-corrected chi connectivity index (χ4v) is 4.91. The van der Waals surface area contributed by atoms with Gasteiger partial charge in [0.2, 0.25) is 5.91 Å². The first kappa shape index (κ1) is 16.3. The summed E-state index contributed by atoms with van der Waals surface area (Å²) in [5.74, 6) is -3.67. The molecular weight excluding hydrogens is 330 g/mol. The Morgan fingerprint density at radius 3 is 2.48 bits per heavy atom. The van der Waals surface area contributed by atoms with Gasteiger partial charge < -0.3 is 9.47 Å². The van der Waals surface area contributed by atoms with Crippen LogP contribution in [0.4, 0.5) is 8.78 Å². The summed E-state index contributed by atoms with van der Waals surface area (Å²) in [4.78, 5) is 17.5. The van der Waals surface area contributed by atoms with Crippen molar-refractivity contribution < 1.29 is 22.0 Å². The smallest absolute Gasteiger partial charge is 0.262 e. The largest absolute Gasteiger partial charge is 0.345 e. The molecule has 1 aromatic heterocycles. The van der Waals surface area contributed by atoms with E-state index in [4.69, 9.17) is 0 Å². The van der Waals surface area contributed by atoms with E-state index in [-0.39, 0.29) is 18.0 Å². The third-order valence-electron chi connectivity index (χ3n) is 4.50. The number of imidazole rings is 1. The lowest BCUT2D eigenvalue weighted by Crippen LogP contribution is -2.56. The number of halogens is 2. The fraction of sp³-hybridized carbons (Fsp3) is 0.692. The minimum atomic E-state index is -4.17. The Balaban J connectivity index is 1.98. The van der Waals surface area contributed by atoms with Gasteiger partial charge in [-0.2, -0.15) is 4.31 Å². The molecule has 2 fully saturated rings. The monoisotopic (exact) mass is 348 g/mol. The summed E-state index contributed by atoms with van der Waals surface area (Å²) in [7, 11) is -1.03. The average molecular weight is 348 g/mol. The number of alkyl halides is 2. The molecule has 10 heteroatoms. The highest BCUT2D eigenvalue weighted by Gasteiger charge is 2.58. The number of aryl methyl sites for hydroxylation is 1. The van der Waals surface area contributed by atoms with Crippen LogP contribution in [-0.4, -0.2) is 65.7 Å². The van der Waals surface area contributed by atoms with Gasteiger partial charge in [0, 0.05) is 39.8 Å². The minimum Gasteiger partial charge on any atom is -0.345 e. The van der Waals surface area contributed by atoms with E-state index in [2.05, 4.69) is 4.98 Å². The molecule has 7 nitrogen and oxygen atoms in total. The number of aromatic nitrogens is 2. The number of amides is 1. The topological polar surface area (TPSA) is 75.5 Å². The SMILES string of the molecule is CN1CCC2(CN(S(=O)(=O)c3cn(C)cn3)CC(F)(F)C2)C1=O. The van der Waals surface area contributed by atoms with E-state index in [9.17, 15) is 22.0 Å². The molecule has 1 atom stereocenters. The van der Waals surface area contributed by atoms with Gasteiger partial charge in [0.25, 0.3) is 15.9 Å². The van der Waals surface area contributed by atoms with E-state index in [1.165, 1.54) is 22.0 Å². The zero-order chi connectivity index (χ0) is 17.0. The standard InChI is InChI=1S/C13H18F2N4O3S/c1-17-5-10(16-9-17)23(21,22)19-7-12(6-13(14,15)8-19)3-4-18(2)11(12)20/h5,9H,3-4,6-8H2,1-2H3. The Bertz CT molecular complexity index is 748. The van der Waals surface area contributed by atoms with E-state index in [1.807, 2.05) is 0 Å². The Hall–Kier alpha value is -1.55. The summed E-state index contributed by atoms with van der Waals surface area (Å²) in [6.45, 7) is -0.804. The Kier molecular flexibility index (Phi) is 3.53. The second-order valence-corrected chi connectivity index (χ2v) is 8.33. The van der Waals surface area contributed by atoms with Gasteiger partial charge in [0.15, 0.2) is 5.03 Å². The van der Waals surface area contributed by atoms with Crippen LogP contribution in [0.5, 0.6) is 0 Å². The van der Waals surface area contributed by atoms with Gasteiger partial charge >= 0.3 is 0 Å². The number of likely N-dealkylation sites (tertiary alicyclic amines) is 1. The van der Waals surface area contributed by atoms with Crippen LogP contribution in [0.2, 0.25) is 0 Å². The summed E-state index contributed by atoms with van der Waals surface area (Å²) in [5, 5.41) is -0.286. The lowest BCUT2D eigenvalue weighted by molar-refractivity contribution is -0.148. The molecule has 0 radical (unpaired) electrons. The summed E-state index contributed by atoms with van der Waals surface area (Å²) in [5.41, 5.74) is -1.35. The van der Waals surface area contributed by atoms with Crippen molar-refractivity contribution in [1.82, 2.24) is 18.8 Å². The summed E-state index contributed by atoms with van der Waals surface area (Å²) in [6.07, 6.45) is 2.17. The number of rotatable bonds is 2. The van der Waals surface area contributed by atoms with E-state index < -0.39 is 40.2 Å². The lowest BCUT2D eigenvalue weighted by atomic mass is 9.78. The van der Waals surface area contributed by atoms with Crippen molar-refractivity contribution in [2.24, 2.45) is 12.5 Å². The van der Waals surface area contributed by atoms with Crippen LogP contribution in [-0.2, 0) is 21.9 Å². The van der Waals surface area contributed by atoms with Crippen LogP contribution < -0.4 is 0 Å². The number of hydrogen-bond acceptors (Lipinski definition) is 4. The number of piperidine rings is 1. The van der Waals surface area contributed by atoms with E-state index in [0.29, 0.717) is 10.8 Å². The number of carbonyl (C=O) groups is 1. The molecule has 2 saturated heterocycles. The van der Waals surface area contributed by atoms with E-state index in [0.717, 1.165) is 0 Å². The Morgan fingerprint density at radius 1 is 1.26 bits per heavy atom. The van der Waals surface area contributed by atoms with Crippen LogP contribution in [0.3, 0.4) is 0 Å². The Morgan fingerprint density at radius 2 is 1.96 bits per heavy atom. The zero-order valence-electron chi connectivity index (χ0n) is 12.9. The summed E-state index contributed by atoms with van der Waals surface area (Å²) >= 11 is 0. The van der Waals surface area contributed by atoms with Crippen LogP contribution in [0, 0.1) is 5.41 Å². The molecule has 2 aliphatic rings. The number of sulfonamides is 1. The van der Waals surface area contributed by atoms with Crippen LogP contribution in [0.15, 0.2) is 17.6 Å². The van der Waals surface area contributed by atoms with Crippen molar-refractivity contribution >= 4 is 15.9 Å². The highest BCUT2D eigenvalue weighted by Crippen LogP contribution is 2.46. The van der Waals surface area contributed by atoms with Crippen molar-refractivity contribution in [3.63, 3.8) is 0 Å². The molecule has 3 rings (SSSR count). The molecule has 23 heavy (non-hydrogen) atoms. The lowest BCUT2D eigenvalue weighted by Gasteiger charge is -2.41. The van der Waals surface area contributed by atoms with Crippen LogP contribution in [0.1, 0.15) is 12.8 Å². The first-order valence-electron chi connectivity index (χ1n) is 7.17. The van der Waals surface area contributed by atoms with Gasteiger partial charge in [0.1, 0.15) is 0 Å². The van der Waals surface area contributed by atoms with Crippen molar-refractivity contribution in [3.8, 4) is 0 Å². The number of carbonyl (C=O) groups excluding carboxylic acids is 1. The predicted molar refractivity (Wildman–Crippen MR) is 76.2 cm³/mol. The molecule has 3 heterocycles. The molecule has 128 valence electrons. The molecule has 1 unspecified atom stereocenters. The first-order chi connectivity index (χ1) is 10.6. The maximum atomic E-state index is 14.2. The van der Waals surface area contributed by atoms with E-state index in [1.54, 1.807) is 14.1 Å². The summed E-state index contributed by atoms with van der Waals surface area (Å²) < 4.78 is 55.8. The highest BCUT2D eigenvalue weighted by molar-refractivity contribution is 7.89. The molecular formula is C13H18F2N4O3S. The maximum absolute atomic E-state index is 14.2. The predicted octanol–water partition coefficient (Wildman–Crippen LogP) is 0.298. The van der Waals surface area contributed by atoms with E-state index >= 15 is 0 Å². The van der Waals surface area contributed by atoms with Gasteiger partial charge in [0.05, 0.1) is 18.3 Å².